The summed E-state index contributed by atoms with van der Waals surface area (Å²) in [7, 11) is 0. The molecule has 0 spiro atoms. The highest BCUT2D eigenvalue weighted by atomic mass is 16.4. The van der Waals surface area contributed by atoms with Crippen LogP contribution in [0.5, 0.6) is 0 Å². The maximum absolute atomic E-state index is 9.77. The quantitative estimate of drug-likeness (QED) is 0.681. The van der Waals surface area contributed by atoms with Crippen LogP contribution in [0.2, 0.25) is 0 Å². The highest BCUT2D eigenvalue weighted by molar-refractivity contribution is 5.83. The van der Waals surface area contributed by atoms with Gasteiger partial charge in [-0.2, -0.15) is 0 Å². The van der Waals surface area contributed by atoms with Gasteiger partial charge >= 0.3 is 11.9 Å². The molecule has 0 heterocycles. The second-order valence-corrected chi connectivity index (χ2v) is 4.88. The van der Waals surface area contributed by atoms with Gasteiger partial charge in [-0.15, -0.1) is 0 Å². The van der Waals surface area contributed by atoms with Gasteiger partial charge in [0.1, 0.15) is 0 Å². The smallest absolute Gasteiger partial charge is 0.335 e. The maximum Gasteiger partial charge on any atom is 0.335 e. The second-order valence-electron chi connectivity index (χ2n) is 4.88. The number of hydrogen-bond donors (Lipinski definition) is 4. The minimum atomic E-state index is -2.27. The Balaban J connectivity index is 0.000000337. The van der Waals surface area contributed by atoms with Crippen molar-refractivity contribution in [1.29, 1.82) is 0 Å². The Kier molecular flexibility index (Phi) is 10.5. The zero-order valence-corrected chi connectivity index (χ0v) is 13.5. The normalized spacial score (nSPS) is 11.7. The highest BCUT2D eigenvalue weighted by Gasteiger charge is 2.29. The number of hydrogen-bond acceptors (Lipinski definition) is 4. The van der Waals surface area contributed by atoms with E-state index < -0.39 is 24.1 Å². The van der Waals surface area contributed by atoms with Crippen LogP contribution in [0.25, 0.3) is 0 Å². The molecule has 0 aromatic heterocycles. The monoisotopic (exact) mass is 334 g/mol. The standard InChI is InChI=1S/2C7H8.C4H6O6/c2*1-7-5-3-2-4-6-7;5-1(3(7)8)2(6)4(9)10/h2*2-6H,1H3;1-2,5-6H,(H,7,8)(H,9,10). The van der Waals surface area contributed by atoms with Crippen molar-refractivity contribution in [3.63, 3.8) is 0 Å². The molecule has 0 fully saturated rings. The molecule has 24 heavy (non-hydrogen) atoms. The van der Waals surface area contributed by atoms with Gasteiger partial charge in [0, 0.05) is 0 Å². The molecule has 2 aromatic carbocycles. The van der Waals surface area contributed by atoms with Crippen molar-refractivity contribution in [3.8, 4) is 0 Å². The van der Waals surface area contributed by atoms with Crippen LogP contribution in [0.1, 0.15) is 11.1 Å². The van der Waals surface area contributed by atoms with E-state index in [1.807, 2.05) is 36.4 Å². The minimum Gasteiger partial charge on any atom is -0.479 e. The predicted molar refractivity (Wildman–Crippen MR) is 89.6 cm³/mol. The van der Waals surface area contributed by atoms with Crippen molar-refractivity contribution in [3.05, 3.63) is 71.8 Å². The van der Waals surface area contributed by atoms with Crippen LogP contribution in [-0.2, 0) is 9.59 Å². The van der Waals surface area contributed by atoms with Crippen LogP contribution in [-0.4, -0.2) is 44.6 Å². The van der Waals surface area contributed by atoms with E-state index in [-0.39, 0.29) is 0 Å². The van der Waals surface area contributed by atoms with Crippen molar-refractivity contribution in [2.24, 2.45) is 0 Å². The van der Waals surface area contributed by atoms with Crippen molar-refractivity contribution in [2.75, 3.05) is 0 Å². The molecule has 0 saturated carbocycles. The summed E-state index contributed by atoms with van der Waals surface area (Å²) in [5.74, 6) is -3.54. The number of carboxylic acid groups (broad SMARTS) is 2. The molecule has 6 heteroatoms. The summed E-state index contributed by atoms with van der Waals surface area (Å²) in [6.07, 6.45) is -4.53. The second kappa shape index (κ2) is 11.8. The summed E-state index contributed by atoms with van der Waals surface area (Å²) in [6, 6.07) is 20.5. The van der Waals surface area contributed by atoms with Crippen LogP contribution in [0.4, 0.5) is 0 Å². The molecule has 2 rings (SSSR count). The van der Waals surface area contributed by atoms with Crippen molar-refractivity contribution < 1.29 is 30.0 Å². The summed E-state index contributed by atoms with van der Waals surface area (Å²) in [5, 5.41) is 32.5. The summed E-state index contributed by atoms with van der Waals surface area (Å²) in [4.78, 5) is 19.5. The fourth-order valence-corrected chi connectivity index (χ4v) is 1.34. The molecule has 0 aliphatic rings. The summed E-state index contributed by atoms with van der Waals surface area (Å²) in [5.41, 5.74) is 2.64. The van der Waals surface area contributed by atoms with E-state index in [1.165, 1.54) is 11.1 Å². The van der Waals surface area contributed by atoms with Gasteiger partial charge in [0.05, 0.1) is 0 Å². The topological polar surface area (TPSA) is 115 Å². The van der Waals surface area contributed by atoms with Gasteiger partial charge in [0.25, 0.3) is 0 Å². The Morgan fingerprint density at radius 2 is 0.917 bits per heavy atom. The fraction of sp³-hybridized carbons (Fsp3) is 0.222. The largest absolute Gasteiger partial charge is 0.479 e. The molecule has 0 radical (unpaired) electrons. The first kappa shape index (κ1) is 21.3. The van der Waals surface area contributed by atoms with Gasteiger partial charge in [-0.05, 0) is 13.8 Å². The van der Waals surface area contributed by atoms with Gasteiger partial charge < -0.3 is 20.4 Å². The first-order valence-corrected chi connectivity index (χ1v) is 7.10. The molecule has 2 aromatic rings. The molecule has 0 saturated heterocycles. The Morgan fingerprint density at radius 1 is 0.667 bits per heavy atom. The lowest BCUT2D eigenvalue weighted by molar-refractivity contribution is -0.165. The lowest BCUT2D eigenvalue weighted by atomic mass is 10.2. The van der Waals surface area contributed by atoms with E-state index >= 15 is 0 Å². The number of carbonyl (C=O) groups is 2. The van der Waals surface area contributed by atoms with Crippen molar-refractivity contribution in [1.82, 2.24) is 0 Å². The SMILES string of the molecule is Cc1ccccc1.Cc1ccccc1.O=C(O)C(O)C(O)C(=O)O. The summed E-state index contributed by atoms with van der Waals surface area (Å²) >= 11 is 0. The Morgan fingerprint density at radius 3 is 1.04 bits per heavy atom. The van der Waals surface area contributed by atoms with Gasteiger partial charge in [-0.1, -0.05) is 71.8 Å². The molecular weight excluding hydrogens is 312 g/mol. The third-order valence-corrected chi connectivity index (χ3v) is 2.69. The first-order valence-electron chi connectivity index (χ1n) is 7.10. The zero-order valence-electron chi connectivity index (χ0n) is 13.5. The molecule has 130 valence electrons. The minimum absolute atomic E-state index is 1.32. The molecule has 0 aliphatic heterocycles. The molecule has 4 N–H and O–H groups in total. The van der Waals surface area contributed by atoms with Gasteiger partial charge in [0.15, 0.2) is 12.2 Å². The Bertz CT molecular complexity index is 542. The van der Waals surface area contributed by atoms with Crippen LogP contribution in [0.3, 0.4) is 0 Å². The lowest BCUT2D eigenvalue weighted by Crippen LogP contribution is -2.39. The molecule has 0 bridgehead atoms. The number of benzene rings is 2. The number of aliphatic hydroxyl groups excluding tert-OH is 2. The molecule has 6 nitrogen and oxygen atoms in total. The first-order chi connectivity index (χ1) is 11.3. The van der Waals surface area contributed by atoms with E-state index in [0.717, 1.165) is 0 Å². The van der Waals surface area contributed by atoms with Gasteiger partial charge in [-0.3, -0.25) is 0 Å². The average molecular weight is 334 g/mol. The molecule has 2 atom stereocenters. The van der Waals surface area contributed by atoms with E-state index in [9.17, 15) is 9.59 Å². The molecule has 0 aliphatic carbocycles. The Labute approximate surface area is 140 Å². The van der Waals surface area contributed by atoms with E-state index in [4.69, 9.17) is 20.4 Å². The van der Waals surface area contributed by atoms with Crippen LogP contribution >= 0.6 is 0 Å². The predicted octanol–water partition coefficient (Wildman–Crippen LogP) is 1.87. The van der Waals surface area contributed by atoms with E-state index in [2.05, 4.69) is 38.1 Å². The van der Waals surface area contributed by atoms with Crippen LogP contribution < -0.4 is 0 Å². The number of aliphatic carboxylic acids is 2. The van der Waals surface area contributed by atoms with E-state index in [1.54, 1.807) is 0 Å². The zero-order chi connectivity index (χ0) is 18.5. The highest BCUT2D eigenvalue weighted by Crippen LogP contribution is 1.93. The maximum atomic E-state index is 9.77. The number of carboxylic acids is 2. The summed E-state index contributed by atoms with van der Waals surface area (Å²) in [6.45, 7) is 4.17. The fourth-order valence-electron chi connectivity index (χ4n) is 1.34. The molecule has 2 unspecified atom stereocenters. The third-order valence-electron chi connectivity index (χ3n) is 2.69. The lowest BCUT2D eigenvalue weighted by Gasteiger charge is -2.07. The average Bonchev–Trinajstić information content (AvgIpc) is 2.56. The summed E-state index contributed by atoms with van der Waals surface area (Å²) < 4.78 is 0. The third kappa shape index (κ3) is 10.1. The van der Waals surface area contributed by atoms with Gasteiger partial charge in [-0.25, -0.2) is 9.59 Å². The number of rotatable bonds is 3. The van der Waals surface area contributed by atoms with Crippen LogP contribution in [0.15, 0.2) is 60.7 Å². The molecular formula is C18H22O6. The molecule has 0 amide bonds. The van der Waals surface area contributed by atoms with Crippen molar-refractivity contribution >= 4 is 11.9 Å². The van der Waals surface area contributed by atoms with Gasteiger partial charge in [0.2, 0.25) is 0 Å². The van der Waals surface area contributed by atoms with Crippen molar-refractivity contribution in [2.45, 2.75) is 26.1 Å². The van der Waals surface area contributed by atoms with Crippen LogP contribution in [0, 0.1) is 13.8 Å². The Hall–Kier alpha value is -2.70. The van der Waals surface area contributed by atoms with E-state index in [0.29, 0.717) is 0 Å². The number of aliphatic hydroxyl groups is 2. The number of aryl methyl sites for hydroxylation is 2.